The van der Waals surface area contributed by atoms with Crippen LogP contribution in [-0.2, 0) is 11.2 Å². The second-order valence-electron chi connectivity index (χ2n) is 8.68. The number of carbonyl (C=O) groups excluding carboxylic acids is 2. The van der Waals surface area contributed by atoms with Crippen molar-refractivity contribution in [3.05, 3.63) is 65.5 Å². The summed E-state index contributed by atoms with van der Waals surface area (Å²) in [6, 6.07) is 12.0. The van der Waals surface area contributed by atoms with E-state index in [1.54, 1.807) is 12.1 Å². The van der Waals surface area contributed by atoms with Crippen molar-refractivity contribution in [3.8, 4) is 5.75 Å². The Morgan fingerprint density at radius 2 is 1.68 bits per heavy atom. The highest BCUT2D eigenvalue weighted by Crippen LogP contribution is 2.24. The number of benzene rings is 2. The van der Waals surface area contributed by atoms with Crippen LogP contribution in [0.15, 0.2) is 48.5 Å². The lowest BCUT2D eigenvalue weighted by Gasteiger charge is -2.35. The summed E-state index contributed by atoms with van der Waals surface area (Å²) in [4.78, 5) is 27.5. The highest BCUT2D eigenvalue weighted by Gasteiger charge is 2.31. The topological polar surface area (TPSA) is 69.6 Å². The number of rotatable bonds is 7. The van der Waals surface area contributed by atoms with Gasteiger partial charge in [-0.1, -0.05) is 26.0 Å². The smallest absolute Gasteiger partial charge is 0.251 e. The summed E-state index contributed by atoms with van der Waals surface area (Å²) in [7, 11) is 0. The normalized spacial score (nSPS) is 15.7. The van der Waals surface area contributed by atoms with Gasteiger partial charge in [0.1, 0.15) is 17.6 Å². The van der Waals surface area contributed by atoms with Crippen molar-refractivity contribution in [3.63, 3.8) is 0 Å². The SMILES string of the molecule is CC(C)C(NC(=O)c1ccc(F)cc1)C(=O)N1CCC(CCc2ccc(O)cc2)CC1. The van der Waals surface area contributed by atoms with Crippen LogP contribution >= 0.6 is 0 Å². The van der Waals surface area contributed by atoms with Gasteiger partial charge in [0.05, 0.1) is 0 Å². The Labute approximate surface area is 183 Å². The van der Waals surface area contributed by atoms with E-state index >= 15 is 0 Å². The van der Waals surface area contributed by atoms with Crippen LogP contribution in [-0.4, -0.2) is 41.0 Å². The largest absolute Gasteiger partial charge is 0.508 e. The molecule has 0 bridgehead atoms. The van der Waals surface area contributed by atoms with E-state index in [1.165, 1.54) is 29.8 Å². The Hall–Kier alpha value is -2.89. The number of aromatic hydroxyl groups is 1. The predicted molar refractivity (Wildman–Crippen MR) is 118 cm³/mol. The highest BCUT2D eigenvalue weighted by atomic mass is 19.1. The van der Waals surface area contributed by atoms with Gasteiger partial charge in [0.25, 0.3) is 5.91 Å². The Kier molecular flexibility index (Phi) is 7.66. The summed E-state index contributed by atoms with van der Waals surface area (Å²) in [5.41, 5.74) is 1.55. The number of nitrogens with zero attached hydrogens (tertiary/aromatic N) is 1. The molecule has 166 valence electrons. The average Bonchev–Trinajstić information content (AvgIpc) is 2.77. The molecule has 0 radical (unpaired) electrons. The third-order valence-electron chi connectivity index (χ3n) is 6.03. The second-order valence-corrected chi connectivity index (χ2v) is 8.68. The van der Waals surface area contributed by atoms with Crippen molar-refractivity contribution in [2.45, 2.75) is 45.6 Å². The molecule has 31 heavy (non-hydrogen) atoms. The molecule has 6 heteroatoms. The number of amides is 2. The first-order valence-electron chi connectivity index (χ1n) is 11.0. The number of hydrogen-bond acceptors (Lipinski definition) is 3. The molecule has 0 saturated carbocycles. The van der Waals surface area contributed by atoms with Crippen LogP contribution in [0.2, 0.25) is 0 Å². The number of phenolic OH excluding ortho intramolecular Hbond substituents is 1. The molecule has 3 rings (SSSR count). The Bertz CT molecular complexity index is 873. The lowest BCUT2D eigenvalue weighted by Crippen LogP contribution is -2.53. The summed E-state index contributed by atoms with van der Waals surface area (Å²) < 4.78 is 13.1. The van der Waals surface area contributed by atoms with Gasteiger partial charge in [-0.15, -0.1) is 0 Å². The van der Waals surface area contributed by atoms with E-state index in [0.717, 1.165) is 25.7 Å². The zero-order valence-electron chi connectivity index (χ0n) is 18.2. The summed E-state index contributed by atoms with van der Waals surface area (Å²) >= 11 is 0. The third-order valence-corrected chi connectivity index (χ3v) is 6.03. The maximum absolute atomic E-state index is 13.1. The van der Waals surface area contributed by atoms with E-state index in [0.29, 0.717) is 24.6 Å². The van der Waals surface area contributed by atoms with Crippen molar-refractivity contribution in [1.82, 2.24) is 10.2 Å². The molecule has 1 aliphatic heterocycles. The van der Waals surface area contributed by atoms with Crippen molar-refractivity contribution < 1.29 is 19.1 Å². The number of aryl methyl sites for hydroxylation is 1. The molecular weight excluding hydrogens is 395 g/mol. The van der Waals surface area contributed by atoms with Crippen LogP contribution in [0, 0.1) is 17.7 Å². The van der Waals surface area contributed by atoms with Crippen LogP contribution in [0.1, 0.15) is 49.0 Å². The van der Waals surface area contributed by atoms with Gasteiger partial charge in [-0.2, -0.15) is 0 Å². The van der Waals surface area contributed by atoms with Gasteiger partial charge in [-0.05, 0) is 79.5 Å². The zero-order valence-corrected chi connectivity index (χ0v) is 18.2. The molecule has 2 N–H and O–H groups in total. The van der Waals surface area contributed by atoms with Crippen LogP contribution in [0.4, 0.5) is 4.39 Å². The van der Waals surface area contributed by atoms with Gasteiger partial charge >= 0.3 is 0 Å². The van der Waals surface area contributed by atoms with Gasteiger partial charge in [0.15, 0.2) is 0 Å². The van der Waals surface area contributed by atoms with E-state index < -0.39 is 11.9 Å². The molecule has 0 aliphatic carbocycles. The molecule has 1 unspecified atom stereocenters. The standard InChI is InChI=1S/C25H31FN2O3/c1-17(2)23(27-24(30)20-7-9-21(26)10-8-20)25(31)28-15-13-19(14-16-28)4-3-18-5-11-22(29)12-6-18/h5-12,17,19,23,29H,3-4,13-16H2,1-2H3,(H,27,30). The molecule has 1 heterocycles. The van der Waals surface area contributed by atoms with Gasteiger partial charge in [-0.3, -0.25) is 9.59 Å². The average molecular weight is 427 g/mol. The number of phenols is 1. The minimum atomic E-state index is -0.605. The molecule has 5 nitrogen and oxygen atoms in total. The number of carbonyl (C=O) groups is 2. The first-order valence-corrected chi connectivity index (χ1v) is 11.0. The molecule has 0 aromatic heterocycles. The van der Waals surface area contributed by atoms with Crippen molar-refractivity contribution in [2.24, 2.45) is 11.8 Å². The maximum Gasteiger partial charge on any atom is 0.251 e. The number of piperidine rings is 1. The molecule has 1 saturated heterocycles. The Morgan fingerprint density at radius 1 is 1.06 bits per heavy atom. The summed E-state index contributed by atoms with van der Waals surface area (Å²) in [6.45, 7) is 5.21. The number of halogens is 1. The van der Waals surface area contributed by atoms with E-state index in [-0.39, 0.29) is 23.5 Å². The van der Waals surface area contributed by atoms with Gasteiger partial charge < -0.3 is 15.3 Å². The molecule has 1 fully saturated rings. The maximum atomic E-state index is 13.1. The van der Waals surface area contributed by atoms with Gasteiger partial charge in [-0.25, -0.2) is 4.39 Å². The van der Waals surface area contributed by atoms with E-state index in [9.17, 15) is 19.1 Å². The fraction of sp³-hybridized carbons (Fsp3) is 0.440. The quantitative estimate of drug-likeness (QED) is 0.699. The first kappa shape index (κ1) is 22.8. The van der Waals surface area contributed by atoms with Crippen LogP contribution in [0.3, 0.4) is 0 Å². The molecular formula is C25H31FN2O3. The monoisotopic (exact) mass is 426 g/mol. The fourth-order valence-electron chi connectivity index (χ4n) is 4.01. The summed E-state index contributed by atoms with van der Waals surface area (Å²) in [5.74, 6) is -0.0327. The molecule has 0 spiro atoms. The Morgan fingerprint density at radius 3 is 2.26 bits per heavy atom. The third kappa shape index (κ3) is 6.29. The van der Waals surface area contributed by atoms with E-state index in [2.05, 4.69) is 5.32 Å². The van der Waals surface area contributed by atoms with Gasteiger partial charge in [0.2, 0.25) is 5.91 Å². The van der Waals surface area contributed by atoms with E-state index in [4.69, 9.17) is 0 Å². The number of hydrogen-bond donors (Lipinski definition) is 2. The highest BCUT2D eigenvalue weighted by molar-refractivity contribution is 5.97. The minimum absolute atomic E-state index is 0.0517. The lowest BCUT2D eigenvalue weighted by atomic mass is 9.90. The van der Waals surface area contributed by atoms with Crippen LogP contribution in [0.25, 0.3) is 0 Å². The lowest BCUT2D eigenvalue weighted by molar-refractivity contribution is -0.135. The molecule has 1 atom stereocenters. The molecule has 2 amide bonds. The van der Waals surface area contributed by atoms with E-state index in [1.807, 2.05) is 30.9 Å². The molecule has 1 aliphatic rings. The molecule has 2 aromatic carbocycles. The van der Waals surface area contributed by atoms with Gasteiger partial charge in [0, 0.05) is 18.7 Å². The Balaban J connectivity index is 1.51. The number of nitrogens with one attached hydrogen (secondary N) is 1. The van der Waals surface area contributed by atoms with Crippen LogP contribution in [0.5, 0.6) is 5.75 Å². The predicted octanol–water partition coefficient (Wildman–Crippen LogP) is 4.16. The minimum Gasteiger partial charge on any atom is -0.508 e. The second kappa shape index (κ2) is 10.4. The first-order chi connectivity index (χ1) is 14.8. The summed E-state index contributed by atoms with van der Waals surface area (Å²) in [5, 5.41) is 12.2. The number of likely N-dealkylation sites (tertiary alicyclic amines) is 1. The molecule has 2 aromatic rings. The van der Waals surface area contributed by atoms with Crippen molar-refractivity contribution in [1.29, 1.82) is 0 Å². The van der Waals surface area contributed by atoms with Crippen molar-refractivity contribution in [2.75, 3.05) is 13.1 Å². The van der Waals surface area contributed by atoms with Crippen molar-refractivity contribution >= 4 is 11.8 Å². The zero-order chi connectivity index (χ0) is 22.4. The fourth-order valence-corrected chi connectivity index (χ4v) is 4.01. The van der Waals surface area contributed by atoms with Crippen LogP contribution < -0.4 is 5.32 Å². The summed E-state index contributed by atoms with van der Waals surface area (Å²) in [6.07, 6.45) is 3.91.